The smallest absolute Gasteiger partial charge is 0.334 e. The van der Waals surface area contributed by atoms with Crippen LogP contribution in [0.4, 0.5) is 11.4 Å². The number of rotatable bonds is 8. The number of non-ortho nitro benzene ring substituents is 2. The average Bonchev–Trinajstić information content (AvgIpc) is 2.71. The Balaban J connectivity index is 2.49. The number of nitrogens with zero attached hydrogens (tertiary/aromatic N) is 2. The first-order valence-corrected chi connectivity index (χ1v) is 9.75. The van der Waals surface area contributed by atoms with Crippen LogP contribution in [0.2, 0.25) is 0 Å². The van der Waals surface area contributed by atoms with Gasteiger partial charge in [-0.3, -0.25) is 29.6 Å². The molecular formula is C17H18N3O8P. The standard InChI is InChI=1S/C17H18N3O8P/c1-11-4-6-12(7-5-11)17(29(26,27-2)28-3)18-16(21)13-8-14(19(22)23)10-15(9-13)20(24)25/h4-10,17H,1-3H3,(H,18,21)/t17-/m0/s1. The van der Waals surface area contributed by atoms with E-state index < -0.39 is 40.5 Å². The van der Waals surface area contributed by atoms with E-state index in [1.807, 2.05) is 6.92 Å². The number of benzene rings is 2. The number of hydrogen-bond acceptors (Lipinski definition) is 8. The maximum Gasteiger partial charge on any atom is 0.356 e. The zero-order valence-electron chi connectivity index (χ0n) is 15.7. The Kier molecular flexibility index (Phi) is 6.80. The average molecular weight is 423 g/mol. The summed E-state index contributed by atoms with van der Waals surface area (Å²) >= 11 is 0. The number of carbonyl (C=O) groups excluding carboxylic acids is 1. The van der Waals surface area contributed by atoms with Crippen LogP contribution in [0, 0.1) is 27.2 Å². The molecule has 2 aromatic carbocycles. The molecule has 0 spiro atoms. The lowest BCUT2D eigenvalue weighted by Crippen LogP contribution is -2.29. The summed E-state index contributed by atoms with van der Waals surface area (Å²) in [5.41, 5.74) is -0.286. The van der Waals surface area contributed by atoms with Crippen LogP contribution in [0.15, 0.2) is 42.5 Å². The topological polar surface area (TPSA) is 151 Å². The first-order valence-electron chi connectivity index (χ1n) is 8.13. The summed E-state index contributed by atoms with van der Waals surface area (Å²) in [6.45, 7) is 1.84. The molecular weight excluding hydrogens is 405 g/mol. The summed E-state index contributed by atoms with van der Waals surface area (Å²) in [6.07, 6.45) is 0. The van der Waals surface area contributed by atoms with Gasteiger partial charge in [-0.05, 0) is 12.5 Å². The molecule has 0 aliphatic heterocycles. The minimum Gasteiger partial charge on any atom is -0.334 e. The summed E-state index contributed by atoms with van der Waals surface area (Å²) in [5, 5.41) is 24.5. The number of nitro groups is 2. The van der Waals surface area contributed by atoms with E-state index in [0.717, 1.165) is 38.0 Å². The van der Waals surface area contributed by atoms with Crippen LogP contribution in [-0.4, -0.2) is 30.0 Å². The predicted octanol–water partition coefficient (Wildman–Crippen LogP) is 3.73. The van der Waals surface area contributed by atoms with Crippen molar-refractivity contribution in [1.29, 1.82) is 0 Å². The molecule has 0 aromatic heterocycles. The van der Waals surface area contributed by atoms with E-state index in [9.17, 15) is 29.6 Å². The van der Waals surface area contributed by atoms with Gasteiger partial charge in [-0.15, -0.1) is 0 Å². The lowest BCUT2D eigenvalue weighted by molar-refractivity contribution is -0.394. The fourth-order valence-corrected chi connectivity index (χ4v) is 3.91. The number of nitrogens with one attached hydrogen (secondary N) is 1. The number of aryl methyl sites for hydroxylation is 1. The van der Waals surface area contributed by atoms with Crippen LogP contribution >= 0.6 is 7.60 Å². The van der Waals surface area contributed by atoms with E-state index in [4.69, 9.17) is 9.05 Å². The van der Waals surface area contributed by atoms with Gasteiger partial charge in [-0.2, -0.15) is 0 Å². The van der Waals surface area contributed by atoms with Gasteiger partial charge in [-0.1, -0.05) is 29.8 Å². The number of nitro benzene ring substituents is 2. The summed E-state index contributed by atoms with van der Waals surface area (Å²) in [5.74, 6) is -2.17. The maximum atomic E-state index is 13.0. The van der Waals surface area contributed by atoms with Crippen LogP contribution in [0.5, 0.6) is 0 Å². The van der Waals surface area contributed by atoms with Crippen molar-refractivity contribution in [1.82, 2.24) is 5.32 Å². The highest BCUT2D eigenvalue weighted by molar-refractivity contribution is 7.54. The Bertz CT molecular complexity index is 952. The molecule has 11 nitrogen and oxygen atoms in total. The maximum absolute atomic E-state index is 13.0. The molecule has 1 atom stereocenters. The Morgan fingerprint density at radius 1 is 1.00 bits per heavy atom. The number of carbonyl (C=O) groups is 1. The molecule has 0 bridgehead atoms. The molecule has 0 saturated carbocycles. The minimum atomic E-state index is -3.86. The van der Waals surface area contributed by atoms with Crippen LogP contribution in [0.25, 0.3) is 0 Å². The molecule has 0 saturated heterocycles. The predicted molar refractivity (Wildman–Crippen MR) is 103 cm³/mol. The Labute approximate surface area is 165 Å². The van der Waals surface area contributed by atoms with Crippen molar-refractivity contribution < 1.29 is 28.3 Å². The largest absolute Gasteiger partial charge is 0.356 e. The monoisotopic (exact) mass is 423 g/mol. The highest BCUT2D eigenvalue weighted by Gasteiger charge is 2.37. The SMILES string of the molecule is COP(=O)(OC)[C@H](NC(=O)c1cc([N+](=O)[O-])cc([N+](=O)[O-])c1)c1ccc(C)cc1. The molecule has 2 rings (SSSR count). The van der Waals surface area contributed by atoms with Gasteiger partial charge >= 0.3 is 7.60 Å². The quantitative estimate of drug-likeness (QED) is 0.383. The number of hydrogen-bond donors (Lipinski definition) is 1. The Morgan fingerprint density at radius 3 is 1.90 bits per heavy atom. The van der Waals surface area contributed by atoms with Crippen molar-refractivity contribution in [3.63, 3.8) is 0 Å². The molecule has 0 aliphatic carbocycles. The second kappa shape index (κ2) is 8.91. The van der Waals surface area contributed by atoms with Gasteiger partial charge in [0.1, 0.15) is 0 Å². The van der Waals surface area contributed by atoms with Crippen molar-refractivity contribution in [2.24, 2.45) is 0 Å². The lowest BCUT2D eigenvalue weighted by Gasteiger charge is -2.25. The summed E-state index contributed by atoms with van der Waals surface area (Å²) in [6, 6.07) is 9.19. The van der Waals surface area contributed by atoms with Gasteiger partial charge in [0.15, 0.2) is 5.78 Å². The minimum absolute atomic E-state index is 0.346. The Hall–Kier alpha value is -3.14. The van der Waals surface area contributed by atoms with Crippen molar-refractivity contribution in [3.8, 4) is 0 Å². The summed E-state index contributed by atoms with van der Waals surface area (Å²) in [7, 11) is -1.57. The molecule has 29 heavy (non-hydrogen) atoms. The van der Waals surface area contributed by atoms with Gasteiger partial charge in [0.2, 0.25) is 0 Å². The zero-order chi connectivity index (χ0) is 21.8. The van der Waals surface area contributed by atoms with Gasteiger partial charge in [0, 0.05) is 26.4 Å². The third-order valence-corrected chi connectivity index (χ3v) is 6.15. The normalized spacial score (nSPS) is 12.2. The van der Waals surface area contributed by atoms with Crippen molar-refractivity contribution in [3.05, 3.63) is 79.4 Å². The van der Waals surface area contributed by atoms with E-state index in [-0.39, 0.29) is 5.56 Å². The second-order valence-corrected chi connectivity index (χ2v) is 8.27. The van der Waals surface area contributed by atoms with E-state index in [0.29, 0.717) is 5.56 Å². The molecule has 1 N–H and O–H groups in total. The highest BCUT2D eigenvalue weighted by Crippen LogP contribution is 2.58. The van der Waals surface area contributed by atoms with Crippen LogP contribution in [0.1, 0.15) is 27.3 Å². The lowest BCUT2D eigenvalue weighted by atomic mass is 10.1. The first kappa shape index (κ1) is 22.2. The fourth-order valence-electron chi connectivity index (χ4n) is 2.52. The van der Waals surface area contributed by atoms with Gasteiger partial charge in [-0.25, -0.2) is 0 Å². The fraction of sp³-hybridized carbons (Fsp3) is 0.235. The summed E-state index contributed by atoms with van der Waals surface area (Å²) < 4.78 is 23.0. The first-order chi connectivity index (χ1) is 13.6. The highest BCUT2D eigenvalue weighted by atomic mass is 31.2. The van der Waals surface area contributed by atoms with Crippen molar-refractivity contribution in [2.45, 2.75) is 12.7 Å². The third kappa shape index (κ3) is 5.02. The van der Waals surface area contributed by atoms with Gasteiger partial charge in [0.05, 0.1) is 21.5 Å². The molecule has 0 aliphatic rings. The molecule has 0 radical (unpaired) electrons. The molecule has 0 unspecified atom stereocenters. The number of amides is 1. The molecule has 154 valence electrons. The van der Waals surface area contributed by atoms with E-state index in [1.165, 1.54) is 0 Å². The van der Waals surface area contributed by atoms with E-state index >= 15 is 0 Å². The molecule has 1 amide bonds. The van der Waals surface area contributed by atoms with Gasteiger partial charge < -0.3 is 14.4 Å². The zero-order valence-corrected chi connectivity index (χ0v) is 16.6. The van der Waals surface area contributed by atoms with Crippen LogP contribution in [-0.2, 0) is 13.6 Å². The van der Waals surface area contributed by atoms with Crippen molar-refractivity contribution >= 4 is 24.9 Å². The van der Waals surface area contributed by atoms with E-state index in [2.05, 4.69) is 5.32 Å². The van der Waals surface area contributed by atoms with E-state index in [1.54, 1.807) is 24.3 Å². The molecule has 0 fully saturated rings. The van der Waals surface area contributed by atoms with Crippen molar-refractivity contribution in [2.75, 3.05) is 14.2 Å². The molecule has 2 aromatic rings. The Morgan fingerprint density at radius 2 is 1.48 bits per heavy atom. The second-order valence-electron chi connectivity index (χ2n) is 5.94. The molecule has 0 heterocycles. The van der Waals surface area contributed by atoms with Gasteiger partial charge in [0.25, 0.3) is 17.3 Å². The van der Waals surface area contributed by atoms with Crippen LogP contribution in [0.3, 0.4) is 0 Å². The van der Waals surface area contributed by atoms with Crippen LogP contribution < -0.4 is 5.32 Å². The third-order valence-electron chi connectivity index (χ3n) is 4.07. The summed E-state index contributed by atoms with van der Waals surface area (Å²) in [4.78, 5) is 33.1. The molecule has 12 heteroatoms.